The second-order valence-corrected chi connectivity index (χ2v) is 8.14. The van der Waals surface area contributed by atoms with Gasteiger partial charge in [0.15, 0.2) is 4.80 Å². The molecule has 3 aromatic carbocycles. The standard InChI is InChI=1S/C24H19ClN2O4S/c1-2-30-21(28)15-27-22-19(25)9-6-10-20(22)32-24(27)26-23(29)16-11-13-18(14-12-16)31-17-7-4-3-5-8-17/h3-14H,2,15H2,1H3. The van der Waals surface area contributed by atoms with Gasteiger partial charge in [0.2, 0.25) is 0 Å². The lowest BCUT2D eigenvalue weighted by Gasteiger charge is -2.06. The minimum atomic E-state index is -0.434. The van der Waals surface area contributed by atoms with Crippen LogP contribution in [0.25, 0.3) is 10.2 Å². The maximum atomic E-state index is 12.8. The zero-order valence-corrected chi connectivity index (χ0v) is 18.7. The monoisotopic (exact) mass is 466 g/mol. The van der Waals surface area contributed by atoms with Crippen LogP contribution in [0.5, 0.6) is 11.5 Å². The third-order valence-corrected chi connectivity index (χ3v) is 5.87. The predicted octanol–water partition coefficient (Wildman–Crippen LogP) is 5.45. The topological polar surface area (TPSA) is 69.9 Å². The lowest BCUT2D eigenvalue weighted by molar-refractivity contribution is -0.143. The highest BCUT2D eigenvalue weighted by atomic mass is 35.5. The Morgan fingerprint density at radius 2 is 1.69 bits per heavy atom. The van der Waals surface area contributed by atoms with E-state index in [0.29, 0.717) is 32.4 Å². The maximum absolute atomic E-state index is 12.8. The lowest BCUT2D eigenvalue weighted by Crippen LogP contribution is -2.23. The van der Waals surface area contributed by atoms with Gasteiger partial charge in [-0.05, 0) is 55.5 Å². The number of esters is 1. The third kappa shape index (κ3) is 4.90. The molecule has 0 spiro atoms. The summed E-state index contributed by atoms with van der Waals surface area (Å²) in [4.78, 5) is 29.6. The van der Waals surface area contributed by atoms with Crippen molar-refractivity contribution in [2.24, 2.45) is 4.99 Å². The molecule has 0 saturated heterocycles. The number of carbonyl (C=O) groups is 2. The van der Waals surface area contributed by atoms with Crippen LogP contribution in [0.4, 0.5) is 0 Å². The van der Waals surface area contributed by atoms with Gasteiger partial charge in [-0.1, -0.05) is 47.2 Å². The molecule has 4 aromatic rings. The van der Waals surface area contributed by atoms with Gasteiger partial charge in [0.25, 0.3) is 5.91 Å². The molecule has 0 saturated carbocycles. The van der Waals surface area contributed by atoms with Crippen LogP contribution < -0.4 is 9.54 Å². The second-order valence-electron chi connectivity index (χ2n) is 6.72. The van der Waals surface area contributed by atoms with Crippen LogP contribution in [0.1, 0.15) is 17.3 Å². The van der Waals surface area contributed by atoms with Crippen LogP contribution in [0.3, 0.4) is 0 Å². The summed E-state index contributed by atoms with van der Waals surface area (Å²) in [7, 11) is 0. The summed E-state index contributed by atoms with van der Waals surface area (Å²) in [5, 5.41) is 0.472. The number of hydrogen-bond donors (Lipinski definition) is 0. The molecular formula is C24H19ClN2O4S. The first-order valence-corrected chi connectivity index (χ1v) is 11.1. The fourth-order valence-corrected chi connectivity index (χ4v) is 4.48. The van der Waals surface area contributed by atoms with E-state index in [9.17, 15) is 9.59 Å². The predicted molar refractivity (Wildman–Crippen MR) is 124 cm³/mol. The van der Waals surface area contributed by atoms with Crippen LogP contribution in [0.2, 0.25) is 5.02 Å². The first kappa shape index (κ1) is 21.8. The molecule has 0 bridgehead atoms. The molecule has 1 heterocycles. The number of nitrogens with zero attached hydrogens (tertiary/aromatic N) is 2. The number of rotatable bonds is 6. The Morgan fingerprint density at radius 1 is 0.969 bits per heavy atom. The highest BCUT2D eigenvalue weighted by molar-refractivity contribution is 7.16. The Kier molecular flexibility index (Phi) is 6.68. The van der Waals surface area contributed by atoms with Crippen molar-refractivity contribution < 1.29 is 19.1 Å². The molecule has 1 amide bonds. The molecule has 0 unspecified atom stereocenters. The highest BCUT2D eigenvalue weighted by Gasteiger charge is 2.15. The van der Waals surface area contributed by atoms with Crippen molar-refractivity contribution in [3.63, 3.8) is 0 Å². The molecule has 0 N–H and O–H groups in total. The summed E-state index contributed by atoms with van der Waals surface area (Å²) in [6.07, 6.45) is 0. The zero-order valence-electron chi connectivity index (χ0n) is 17.2. The Balaban J connectivity index is 1.65. The van der Waals surface area contributed by atoms with Gasteiger partial charge < -0.3 is 14.0 Å². The van der Waals surface area contributed by atoms with Crippen molar-refractivity contribution in [1.29, 1.82) is 0 Å². The summed E-state index contributed by atoms with van der Waals surface area (Å²) in [6.45, 7) is 1.91. The van der Waals surface area contributed by atoms with Crippen LogP contribution in [0, 0.1) is 0 Å². The van der Waals surface area contributed by atoms with E-state index >= 15 is 0 Å². The van der Waals surface area contributed by atoms with Crippen molar-refractivity contribution >= 4 is 45.0 Å². The van der Waals surface area contributed by atoms with Crippen molar-refractivity contribution in [3.8, 4) is 11.5 Å². The molecule has 6 nitrogen and oxygen atoms in total. The number of para-hydroxylation sites is 2. The molecule has 1 aromatic heterocycles. The van der Waals surface area contributed by atoms with E-state index in [4.69, 9.17) is 21.1 Å². The Bertz CT molecular complexity index is 1330. The van der Waals surface area contributed by atoms with Gasteiger partial charge in [-0.2, -0.15) is 4.99 Å². The first-order valence-electron chi connectivity index (χ1n) is 9.90. The number of hydrogen-bond acceptors (Lipinski definition) is 5. The van der Waals surface area contributed by atoms with Crippen molar-refractivity contribution in [2.75, 3.05) is 6.61 Å². The van der Waals surface area contributed by atoms with Crippen LogP contribution in [-0.4, -0.2) is 23.1 Å². The average molecular weight is 467 g/mol. The van der Waals surface area contributed by atoms with Gasteiger partial charge in [-0.25, -0.2) is 0 Å². The van der Waals surface area contributed by atoms with Crippen molar-refractivity contribution in [2.45, 2.75) is 13.5 Å². The van der Waals surface area contributed by atoms with Crippen LogP contribution >= 0.6 is 22.9 Å². The number of halogens is 1. The third-order valence-electron chi connectivity index (χ3n) is 4.52. The molecule has 0 aliphatic carbocycles. The van der Waals surface area contributed by atoms with Crippen molar-refractivity contribution in [1.82, 2.24) is 4.57 Å². The summed E-state index contributed by atoms with van der Waals surface area (Å²) in [5.41, 5.74) is 1.04. The molecule has 8 heteroatoms. The smallest absolute Gasteiger partial charge is 0.326 e. The Hall–Kier alpha value is -3.42. The molecule has 32 heavy (non-hydrogen) atoms. The average Bonchev–Trinajstić information content (AvgIpc) is 3.13. The van der Waals surface area contributed by atoms with E-state index in [1.165, 1.54) is 11.3 Å². The number of carbonyl (C=O) groups excluding carboxylic acids is 2. The number of ether oxygens (including phenoxy) is 2. The molecule has 0 aliphatic rings. The molecular weight excluding hydrogens is 448 g/mol. The fourth-order valence-electron chi connectivity index (χ4n) is 3.10. The first-order chi connectivity index (χ1) is 15.5. The van der Waals surface area contributed by atoms with Gasteiger partial charge in [0.1, 0.15) is 18.0 Å². The summed E-state index contributed by atoms with van der Waals surface area (Å²) in [6, 6.07) is 21.5. The van der Waals surface area contributed by atoms with E-state index in [1.54, 1.807) is 41.8 Å². The van der Waals surface area contributed by atoms with Gasteiger partial charge in [0.05, 0.1) is 21.8 Å². The minimum absolute atomic E-state index is 0.0897. The molecule has 162 valence electrons. The number of aromatic nitrogens is 1. The van der Waals surface area contributed by atoms with Gasteiger partial charge >= 0.3 is 5.97 Å². The second kappa shape index (κ2) is 9.80. The molecule has 0 radical (unpaired) electrons. The number of benzene rings is 3. The van der Waals surface area contributed by atoms with E-state index in [2.05, 4.69) is 4.99 Å². The Morgan fingerprint density at radius 3 is 2.41 bits per heavy atom. The Labute approximate surface area is 193 Å². The zero-order chi connectivity index (χ0) is 22.5. The number of fused-ring (bicyclic) bond motifs is 1. The molecule has 0 atom stereocenters. The van der Waals surface area contributed by atoms with Crippen molar-refractivity contribution in [3.05, 3.63) is 88.2 Å². The summed E-state index contributed by atoms with van der Waals surface area (Å²) < 4.78 is 13.3. The normalized spacial score (nSPS) is 11.5. The van der Waals surface area contributed by atoms with E-state index in [-0.39, 0.29) is 13.2 Å². The maximum Gasteiger partial charge on any atom is 0.326 e. The van der Waals surface area contributed by atoms with E-state index in [0.717, 1.165) is 4.70 Å². The fraction of sp³-hybridized carbons (Fsp3) is 0.125. The largest absolute Gasteiger partial charge is 0.465 e. The molecule has 4 rings (SSSR count). The van der Waals surface area contributed by atoms with Gasteiger partial charge in [-0.3, -0.25) is 9.59 Å². The summed E-state index contributed by atoms with van der Waals surface area (Å²) in [5.74, 6) is 0.456. The van der Waals surface area contributed by atoms with Crippen LogP contribution in [-0.2, 0) is 16.1 Å². The highest BCUT2D eigenvalue weighted by Crippen LogP contribution is 2.26. The summed E-state index contributed by atoms with van der Waals surface area (Å²) >= 11 is 7.65. The lowest BCUT2D eigenvalue weighted by atomic mass is 10.2. The van der Waals surface area contributed by atoms with E-state index < -0.39 is 11.9 Å². The van der Waals surface area contributed by atoms with Crippen LogP contribution in [0.15, 0.2) is 77.8 Å². The van der Waals surface area contributed by atoms with Gasteiger partial charge in [-0.15, -0.1) is 0 Å². The minimum Gasteiger partial charge on any atom is -0.465 e. The SMILES string of the molecule is CCOC(=O)Cn1c(=NC(=O)c2ccc(Oc3ccccc3)cc2)sc2cccc(Cl)c21. The molecule has 0 fully saturated rings. The molecule has 0 aliphatic heterocycles. The number of thiazole rings is 1. The van der Waals surface area contributed by atoms with E-state index in [1.807, 2.05) is 42.5 Å². The van der Waals surface area contributed by atoms with Gasteiger partial charge in [0, 0.05) is 5.56 Å². The number of amides is 1. The quantitative estimate of drug-likeness (QED) is 0.354.